The molecule has 4 N–H and O–H groups in total. The van der Waals surface area contributed by atoms with E-state index in [1.165, 1.54) is 0 Å². The van der Waals surface area contributed by atoms with Crippen LogP contribution in [0.5, 0.6) is 5.75 Å². The number of phenols is 1. The van der Waals surface area contributed by atoms with E-state index in [2.05, 4.69) is 26.2 Å². The van der Waals surface area contributed by atoms with Crippen molar-refractivity contribution in [1.29, 1.82) is 0 Å². The number of pyridine rings is 1. The molecule has 0 fully saturated rings. The zero-order valence-electron chi connectivity index (χ0n) is 9.94. The molecule has 18 heavy (non-hydrogen) atoms. The van der Waals surface area contributed by atoms with Crippen LogP contribution >= 0.6 is 15.9 Å². The summed E-state index contributed by atoms with van der Waals surface area (Å²) in [5, 5.41) is 12.8. The van der Waals surface area contributed by atoms with E-state index in [4.69, 9.17) is 5.73 Å². The summed E-state index contributed by atoms with van der Waals surface area (Å²) < 4.78 is 0.972. The number of hydrogen-bond donors (Lipinski definition) is 3. The Bertz CT molecular complexity index is 572. The smallest absolute Gasteiger partial charge is 0.126 e. The van der Waals surface area contributed by atoms with Crippen LogP contribution in [0, 0.1) is 6.92 Å². The summed E-state index contributed by atoms with van der Waals surface area (Å²) in [7, 11) is 0. The number of rotatable bonds is 3. The van der Waals surface area contributed by atoms with Gasteiger partial charge in [-0.2, -0.15) is 0 Å². The molecule has 2 rings (SSSR count). The van der Waals surface area contributed by atoms with Crippen molar-refractivity contribution in [2.24, 2.45) is 0 Å². The summed E-state index contributed by atoms with van der Waals surface area (Å²) in [6.45, 7) is 2.47. The van der Waals surface area contributed by atoms with Gasteiger partial charge >= 0.3 is 0 Å². The lowest BCUT2D eigenvalue weighted by molar-refractivity contribution is 0.469. The fourth-order valence-corrected chi connectivity index (χ4v) is 1.79. The molecular weight excluding hydrogens is 294 g/mol. The van der Waals surface area contributed by atoms with E-state index in [-0.39, 0.29) is 5.75 Å². The average Bonchev–Trinajstić information content (AvgIpc) is 2.34. The molecule has 0 bridgehead atoms. The second-order valence-electron chi connectivity index (χ2n) is 4.06. The molecule has 1 aromatic carbocycles. The van der Waals surface area contributed by atoms with E-state index in [1.54, 1.807) is 24.4 Å². The van der Waals surface area contributed by atoms with Crippen molar-refractivity contribution in [3.63, 3.8) is 0 Å². The number of nitrogens with zero attached hydrogens (tertiary/aromatic N) is 1. The number of aromatic hydroxyl groups is 1. The third-order valence-corrected chi connectivity index (χ3v) is 3.44. The maximum Gasteiger partial charge on any atom is 0.126 e. The molecule has 0 atom stereocenters. The molecule has 94 valence electrons. The highest BCUT2D eigenvalue weighted by molar-refractivity contribution is 9.10. The van der Waals surface area contributed by atoms with Gasteiger partial charge in [-0.3, -0.25) is 0 Å². The van der Waals surface area contributed by atoms with Crippen molar-refractivity contribution in [2.75, 3.05) is 11.1 Å². The number of halogens is 1. The Kier molecular flexibility index (Phi) is 3.72. The summed E-state index contributed by atoms with van der Waals surface area (Å²) in [5.41, 5.74) is 8.16. The summed E-state index contributed by atoms with van der Waals surface area (Å²) >= 11 is 3.40. The highest BCUT2D eigenvalue weighted by Crippen LogP contribution is 2.22. The molecule has 0 saturated heterocycles. The predicted molar refractivity (Wildman–Crippen MR) is 76.5 cm³/mol. The number of anilines is 2. The first-order chi connectivity index (χ1) is 8.56. The van der Waals surface area contributed by atoms with Crippen molar-refractivity contribution in [2.45, 2.75) is 13.5 Å². The van der Waals surface area contributed by atoms with E-state index in [0.717, 1.165) is 21.4 Å². The van der Waals surface area contributed by atoms with Crippen LogP contribution in [0.25, 0.3) is 0 Å². The number of hydrogen-bond acceptors (Lipinski definition) is 4. The number of benzene rings is 1. The first-order valence-corrected chi connectivity index (χ1v) is 6.29. The minimum absolute atomic E-state index is 0.227. The molecule has 0 unspecified atom stereocenters. The highest BCUT2D eigenvalue weighted by atomic mass is 79.9. The maximum atomic E-state index is 9.69. The van der Waals surface area contributed by atoms with Crippen LogP contribution in [0.15, 0.2) is 34.9 Å². The second-order valence-corrected chi connectivity index (χ2v) is 4.91. The van der Waals surface area contributed by atoms with Crippen LogP contribution in [-0.4, -0.2) is 10.1 Å². The van der Waals surface area contributed by atoms with Crippen molar-refractivity contribution >= 4 is 27.4 Å². The normalized spacial score (nSPS) is 10.3. The molecule has 1 heterocycles. The molecule has 0 aliphatic rings. The topological polar surface area (TPSA) is 71.2 Å². The molecule has 0 aliphatic heterocycles. The van der Waals surface area contributed by atoms with Gasteiger partial charge in [-0.1, -0.05) is 0 Å². The molecule has 0 radical (unpaired) electrons. The number of nitrogens with two attached hydrogens (primary N) is 1. The average molecular weight is 308 g/mol. The lowest BCUT2D eigenvalue weighted by Gasteiger charge is -2.09. The number of phenolic OH excluding ortho intramolecular Hbond substituents is 1. The molecule has 0 saturated carbocycles. The quantitative estimate of drug-likeness (QED) is 0.602. The second kappa shape index (κ2) is 5.27. The van der Waals surface area contributed by atoms with E-state index in [1.807, 2.05) is 13.0 Å². The van der Waals surface area contributed by atoms with Crippen molar-refractivity contribution in [3.05, 3.63) is 46.1 Å². The number of aryl methyl sites for hydroxylation is 1. The van der Waals surface area contributed by atoms with Gasteiger partial charge in [0, 0.05) is 28.5 Å². The van der Waals surface area contributed by atoms with Crippen LogP contribution in [-0.2, 0) is 6.54 Å². The molecule has 4 nitrogen and oxygen atoms in total. The molecule has 0 spiro atoms. The standard InChI is InChI=1S/C13H14BrN3O/c1-8-4-13(17-7-11(8)14)16-6-9-5-10(15)2-3-12(9)18/h2-5,7,18H,6,15H2,1H3,(H,16,17). The largest absolute Gasteiger partial charge is 0.508 e. The van der Waals surface area contributed by atoms with Crippen LogP contribution in [0.4, 0.5) is 11.5 Å². The van der Waals surface area contributed by atoms with E-state index in [0.29, 0.717) is 12.2 Å². The zero-order valence-corrected chi connectivity index (χ0v) is 11.5. The lowest BCUT2D eigenvalue weighted by atomic mass is 10.2. The third-order valence-electron chi connectivity index (χ3n) is 2.61. The fraction of sp³-hybridized carbons (Fsp3) is 0.154. The van der Waals surface area contributed by atoms with Crippen LogP contribution in [0.3, 0.4) is 0 Å². The number of aromatic nitrogens is 1. The minimum Gasteiger partial charge on any atom is -0.508 e. The Morgan fingerprint density at radius 3 is 2.89 bits per heavy atom. The van der Waals surface area contributed by atoms with Crippen LogP contribution < -0.4 is 11.1 Å². The van der Waals surface area contributed by atoms with Gasteiger partial charge in [0.15, 0.2) is 0 Å². The molecule has 2 aromatic rings. The highest BCUT2D eigenvalue weighted by Gasteiger charge is 2.03. The van der Waals surface area contributed by atoms with E-state index < -0.39 is 0 Å². The van der Waals surface area contributed by atoms with Gasteiger partial charge in [0.2, 0.25) is 0 Å². The first-order valence-electron chi connectivity index (χ1n) is 5.49. The summed E-state index contributed by atoms with van der Waals surface area (Å²) in [5.74, 6) is 0.989. The molecule has 0 amide bonds. The van der Waals surface area contributed by atoms with Gasteiger partial charge < -0.3 is 16.2 Å². The minimum atomic E-state index is 0.227. The SMILES string of the molecule is Cc1cc(NCc2cc(N)ccc2O)ncc1Br. The van der Waals surface area contributed by atoms with Gasteiger partial charge in [-0.25, -0.2) is 4.98 Å². The van der Waals surface area contributed by atoms with Crippen molar-refractivity contribution < 1.29 is 5.11 Å². The lowest BCUT2D eigenvalue weighted by Crippen LogP contribution is -2.02. The van der Waals surface area contributed by atoms with E-state index in [9.17, 15) is 5.11 Å². The summed E-state index contributed by atoms with van der Waals surface area (Å²) in [6, 6.07) is 6.94. The molecule has 5 heteroatoms. The maximum absolute atomic E-state index is 9.69. The Balaban J connectivity index is 2.11. The molecule has 1 aromatic heterocycles. The Morgan fingerprint density at radius 1 is 1.39 bits per heavy atom. The van der Waals surface area contributed by atoms with Gasteiger partial charge in [-0.05, 0) is 52.7 Å². The zero-order chi connectivity index (χ0) is 13.1. The van der Waals surface area contributed by atoms with Gasteiger partial charge in [-0.15, -0.1) is 0 Å². The monoisotopic (exact) mass is 307 g/mol. The van der Waals surface area contributed by atoms with Crippen LogP contribution in [0.1, 0.15) is 11.1 Å². The Hall–Kier alpha value is -1.75. The summed E-state index contributed by atoms with van der Waals surface area (Å²) in [6.07, 6.45) is 1.75. The van der Waals surface area contributed by atoms with Crippen molar-refractivity contribution in [3.8, 4) is 5.75 Å². The fourth-order valence-electron chi connectivity index (χ4n) is 1.57. The predicted octanol–water partition coefficient (Wildman–Crippen LogP) is 3.05. The van der Waals surface area contributed by atoms with Gasteiger partial charge in [0.05, 0.1) is 0 Å². The Labute approximate surface area is 114 Å². The van der Waals surface area contributed by atoms with Crippen LogP contribution in [0.2, 0.25) is 0 Å². The van der Waals surface area contributed by atoms with E-state index >= 15 is 0 Å². The first kappa shape index (κ1) is 12.7. The molecular formula is C13H14BrN3O. The van der Waals surface area contributed by atoms with Gasteiger partial charge in [0.25, 0.3) is 0 Å². The van der Waals surface area contributed by atoms with Crippen molar-refractivity contribution in [1.82, 2.24) is 4.98 Å². The Morgan fingerprint density at radius 2 is 2.17 bits per heavy atom. The third kappa shape index (κ3) is 2.92. The number of nitrogen functional groups attached to an aromatic ring is 1. The van der Waals surface area contributed by atoms with Gasteiger partial charge in [0.1, 0.15) is 11.6 Å². The summed E-state index contributed by atoms with van der Waals surface area (Å²) in [4.78, 5) is 4.24. The number of nitrogens with one attached hydrogen (secondary N) is 1. The molecule has 0 aliphatic carbocycles.